The molecule has 1 aliphatic heterocycles. The first kappa shape index (κ1) is 19.0. The van der Waals surface area contributed by atoms with Gasteiger partial charge in [-0.15, -0.1) is 13.2 Å². The van der Waals surface area contributed by atoms with Crippen LogP contribution in [-0.2, 0) is 6.54 Å². The molecule has 2 rings (SSSR count). The first-order valence-electron chi connectivity index (χ1n) is 8.15. The van der Waals surface area contributed by atoms with E-state index in [-0.39, 0.29) is 11.3 Å². The SMILES string of the molecule is CN1CCN(C(C)(C)CNCc2cccc(OC(F)(F)F)c2)CC1. The van der Waals surface area contributed by atoms with E-state index in [2.05, 4.69) is 40.7 Å². The molecule has 0 aliphatic carbocycles. The van der Waals surface area contributed by atoms with Gasteiger partial charge in [0.05, 0.1) is 0 Å². The van der Waals surface area contributed by atoms with Crippen molar-refractivity contribution in [3.8, 4) is 5.75 Å². The van der Waals surface area contributed by atoms with Gasteiger partial charge in [0.2, 0.25) is 0 Å². The minimum Gasteiger partial charge on any atom is -0.406 e. The summed E-state index contributed by atoms with van der Waals surface area (Å²) >= 11 is 0. The van der Waals surface area contributed by atoms with Gasteiger partial charge in [-0.3, -0.25) is 4.90 Å². The summed E-state index contributed by atoms with van der Waals surface area (Å²) in [6.07, 6.45) is -4.66. The van der Waals surface area contributed by atoms with Crippen LogP contribution in [0.5, 0.6) is 5.75 Å². The number of rotatable bonds is 6. The van der Waals surface area contributed by atoms with Gasteiger partial charge in [-0.1, -0.05) is 12.1 Å². The Hall–Kier alpha value is -1.31. The van der Waals surface area contributed by atoms with E-state index >= 15 is 0 Å². The lowest BCUT2D eigenvalue weighted by atomic mass is 10.0. The van der Waals surface area contributed by atoms with E-state index < -0.39 is 6.36 Å². The molecule has 1 aromatic carbocycles. The molecule has 1 fully saturated rings. The van der Waals surface area contributed by atoms with E-state index in [1.165, 1.54) is 12.1 Å². The maximum absolute atomic E-state index is 12.3. The molecule has 1 N–H and O–H groups in total. The molecule has 0 saturated carbocycles. The predicted octanol–water partition coefficient (Wildman–Crippen LogP) is 2.70. The number of hydrogen-bond acceptors (Lipinski definition) is 4. The van der Waals surface area contributed by atoms with E-state index in [0.29, 0.717) is 6.54 Å². The highest BCUT2D eigenvalue weighted by Gasteiger charge is 2.31. The Bertz CT molecular complexity index is 526. The van der Waals surface area contributed by atoms with Crippen molar-refractivity contribution in [2.24, 2.45) is 0 Å². The second-order valence-corrected chi connectivity index (χ2v) is 6.90. The van der Waals surface area contributed by atoms with Crippen LogP contribution in [0.25, 0.3) is 0 Å². The van der Waals surface area contributed by atoms with Crippen molar-refractivity contribution in [2.45, 2.75) is 32.3 Å². The van der Waals surface area contributed by atoms with Gasteiger partial charge in [0.25, 0.3) is 0 Å². The molecule has 136 valence electrons. The number of alkyl halides is 3. The van der Waals surface area contributed by atoms with Crippen molar-refractivity contribution in [3.05, 3.63) is 29.8 Å². The van der Waals surface area contributed by atoms with Crippen LogP contribution in [0.15, 0.2) is 24.3 Å². The normalized spacial score (nSPS) is 17.9. The minimum absolute atomic E-state index is 0.00133. The van der Waals surface area contributed by atoms with E-state index in [1.54, 1.807) is 12.1 Å². The molecule has 1 heterocycles. The van der Waals surface area contributed by atoms with Gasteiger partial charge in [-0.25, -0.2) is 0 Å². The maximum atomic E-state index is 12.3. The molecule has 24 heavy (non-hydrogen) atoms. The number of halogens is 3. The Labute approximate surface area is 141 Å². The van der Waals surface area contributed by atoms with Crippen molar-refractivity contribution in [1.82, 2.24) is 15.1 Å². The van der Waals surface area contributed by atoms with Crippen molar-refractivity contribution >= 4 is 0 Å². The van der Waals surface area contributed by atoms with Crippen molar-refractivity contribution < 1.29 is 17.9 Å². The predicted molar refractivity (Wildman–Crippen MR) is 88.0 cm³/mol. The first-order chi connectivity index (χ1) is 11.2. The van der Waals surface area contributed by atoms with Crippen LogP contribution >= 0.6 is 0 Å². The minimum atomic E-state index is -4.66. The summed E-state index contributed by atoms with van der Waals surface area (Å²) in [4.78, 5) is 4.76. The van der Waals surface area contributed by atoms with Gasteiger partial charge in [-0.05, 0) is 38.6 Å². The number of hydrogen-bond donors (Lipinski definition) is 1. The van der Waals surface area contributed by atoms with Crippen LogP contribution in [0, 0.1) is 0 Å². The van der Waals surface area contributed by atoms with Crippen LogP contribution in [0.2, 0.25) is 0 Å². The van der Waals surface area contributed by atoms with Gasteiger partial charge in [0.1, 0.15) is 5.75 Å². The highest BCUT2D eigenvalue weighted by atomic mass is 19.4. The van der Waals surface area contributed by atoms with Gasteiger partial charge in [0, 0.05) is 44.8 Å². The maximum Gasteiger partial charge on any atom is 0.573 e. The Morgan fingerprint density at radius 3 is 2.42 bits per heavy atom. The van der Waals surface area contributed by atoms with E-state index in [0.717, 1.165) is 38.3 Å². The molecular formula is C17H26F3N3O. The highest BCUT2D eigenvalue weighted by molar-refractivity contribution is 5.28. The second kappa shape index (κ2) is 7.72. The lowest BCUT2D eigenvalue weighted by Crippen LogP contribution is -2.57. The van der Waals surface area contributed by atoms with E-state index in [4.69, 9.17) is 0 Å². The zero-order valence-corrected chi connectivity index (χ0v) is 14.5. The summed E-state index contributed by atoms with van der Waals surface area (Å²) in [6.45, 7) is 9.82. The lowest BCUT2D eigenvalue weighted by molar-refractivity contribution is -0.274. The Morgan fingerprint density at radius 1 is 1.12 bits per heavy atom. The number of nitrogens with zero attached hydrogens (tertiary/aromatic N) is 2. The highest BCUT2D eigenvalue weighted by Crippen LogP contribution is 2.23. The van der Waals surface area contributed by atoms with Crippen LogP contribution in [0.4, 0.5) is 13.2 Å². The largest absolute Gasteiger partial charge is 0.573 e. The average Bonchev–Trinajstić information content (AvgIpc) is 2.46. The summed E-state index contributed by atoms with van der Waals surface area (Å²) in [7, 11) is 2.12. The molecule has 0 spiro atoms. The number of benzene rings is 1. The molecule has 0 amide bonds. The molecule has 0 radical (unpaired) electrons. The molecule has 1 saturated heterocycles. The number of piperazine rings is 1. The standard InChI is InChI=1S/C17H26F3N3O/c1-16(2,23-9-7-22(3)8-10-23)13-21-12-14-5-4-6-15(11-14)24-17(18,19)20/h4-6,11,21H,7-10,12-13H2,1-3H3. The number of likely N-dealkylation sites (N-methyl/N-ethyl adjacent to an activating group) is 1. The van der Waals surface area contributed by atoms with E-state index in [9.17, 15) is 13.2 Å². The Morgan fingerprint density at radius 2 is 1.79 bits per heavy atom. The van der Waals surface area contributed by atoms with E-state index in [1.807, 2.05) is 0 Å². The van der Waals surface area contributed by atoms with Gasteiger partial charge in [-0.2, -0.15) is 0 Å². The molecule has 7 heteroatoms. The summed E-state index contributed by atoms with van der Waals surface area (Å²) in [5.41, 5.74) is 0.771. The third kappa shape index (κ3) is 5.96. The topological polar surface area (TPSA) is 27.7 Å². The first-order valence-corrected chi connectivity index (χ1v) is 8.15. The van der Waals surface area contributed by atoms with Gasteiger partial charge < -0.3 is 15.0 Å². The fourth-order valence-corrected chi connectivity index (χ4v) is 2.89. The van der Waals surface area contributed by atoms with Crippen LogP contribution in [0.3, 0.4) is 0 Å². The van der Waals surface area contributed by atoms with Crippen molar-refractivity contribution in [3.63, 3.8) is 0 Å². The van der Waals surface area contributed by atoms with Crippen molar-refractivity contribution in [1.29, 1.82) is 0 Å². The third-order valence-corrected chi connectivity index (χ3v) is 4.38. The van der Waals surface area contributed by atoms with Crippen LogP contribution < -0.4 is 10.1 Å². The van der Waals surface area contributed by atoms with Gasteiger partial charge >= 0.3 is 6.36 Å². The summed E-state index contributed by atoms with van der Waals surface area (Å²) in [5, 5.41) is 3.35. The monoisotopic (exact) mass is 345 g/mol. The molecule has 4 nitrogen and oxygen atoms in total. The van der Waals surface area contributed by atoms with Crippen LogP contribution in [-0.4, -0.2) is 61.5 Å². The lowest BCUT2D eigenvalue weighted by Gasteiger charge is -2.43. The fraction of sp³-hybridized carbons (Fsp3) is 0.647. The van der Waals surface area contributed by atoms with Crippen LogP contribution in [0.1, 0.15) is 19.4 Å². The quantitative estimate of drug-likeness (QED) is 0.858. The number of nitrogens with one attached hydrogen (secondary N) is 1. The summed E-state index contributed by atoms with van der Waals surface area (Å²) in [5.74, 6) is -0.180. The summed E-state index contributed by atoms with van der Waals surface area (Å²) < 4.78 is 40.8. The molecule has 0 aromatic heterocycles. The second-order valence-electron chi connectivity index (χ2n) is 6.90. The van der Waals surface area contributed by atoms with Crippen molar-refractivity contribution in [2.75, 3.05) is 39.8 Å². The Kier molecular flexibility index (Phi) is 6.11. The third-order valence-electron chi connectivity index (χ3n) is 4.38. The Balaban J connectivity index is 1.84. The zero-order chi connectivity index (χ0) is 17.8. The number of ether oxygens (including phenoxy) is 1. The molecule has 0 bridgehead atoms. The smallest absolute Gasteiger partial charge is 0.406 e. The molecule has 1 aliphatic rings. The molecular weight excluding hydrogens is 319 g/mol. The summed E-state index contributed by atoms with van der Waals surface area (Å²) in [6, 6.07) is 6.09. The van der Waals surface area contributed by atoms with Gasteiger partial charge in [0.15, 0.2) is 0 Å². The molecule has 0 unspecified atom stereocenters. The average molecular weight is 345 g/mol. The molecule has 1 aromatic rings. The zero-order valence-electron chi connectivity index (χ0n) is 14.5. The molecule has 0 atom stereocenters. The fourth-order valence-electron chi connectivity index (χ4n) is 2.89.